The quantitative estimate of drug-likeness (QED) is 0.152. The van der Waals surface area contributed by atoms with Crippen molar-refractivity contribution in [2.75, 3.05) is 4.90 Å². The lowest BCUT2D eigenvalue weighted by atomic mass is 9.92. The number of hydrogen-bond donors (Lipinski definition) is 0. The molecule has 0 aliphatic heterocycles. The topological polar surface area (TPSA) is 16.1 Å². The third kappa shape index (κ3) is 6.77. The van der Waals surface area contributed by atoms with E-state index in [-0.39, 0.29) is 0 Å². The molecule has 0 spiro atoms. The van der Waals surface area contributed by atoms with E-state index in [2.05, 4.69) is 235 Å². The Bertz CT molecular complexity index is 3590. The molecule has 0 bridgehead atoms. The number of anilines is 3. The SMILES string of the molecule is c1ccc(-c2ccc(N(c3ccc(-c4c5nc(-c6ccccc6)sc5cc5c4sc4ccccc45)cc3)c3ccc(-c4ccccc4)c(-c4ccc5ccccc5c4)c3)cc2)cc1. The summed E-state index contributed by atoms with van der Waals surface area (Å²) in [5, 5.41) is 6.07. The van der Waals surface area contributed by atoms with Crippen LogP contribution in [-0.2, 0) is 0 Å². The molecule has 0 N–H and O–H groups in total. The second-order valence-electron chi connectivity index (χ2n) is 15.9. The summed E-state index contributed by atoms with van der Waals surface area (Å²) in [5.41, 5.74) is 14.9. The van der Waals surface area contributed by atoms with Crippen LogP contribution >= 0.6 is 22.7 Å². The minimum Gasteiger partial charge on any atom is -0.310 e. The minimum absolute atomic E-state index is 1.04. The number of aromatic nitrogens is 1. The van der Waals surface area contributed by atoms with Gasteiger partial charge in [0, 0.05) is 48.4 Å². The Morgan fingerprint density at radius 1 is 0.333 bits per heavy atom. The summed E-state index contributed by atoms with van der Waals surface area (Å²) in [7, 11) is 0. The normalized spacial score (nSPS) is 11.5. The summed E-state index contributed by atoms with van der Waals surface area (Å²) in [4.78, 5) is 7.76. The van der Waals surface area contributed by atoms with Crippen LogP contribution in [0.5, 0.6) is 0 Å². The Hall–Kier alpha value is -7.63. The average molecular weight is 839 g/mol. The van der Waals surface area contributed by atoms with Crippen molar-refractivity contribution in [1.29, 1.82) is 0 Å². The predicted octanol–water partition coefficient (Wildman–Crippen LogP) is 17.6. The lowest BCUT2D eigenvalue weighted by molar-refractivity contribution is 1.28. The lowest BCUT2D eigenvalue weighted by Gasteiger charge is -2.27. The lowest BCUT2D eigenvalue weighted by Crippen LogP contribution is -2.10. The zero-order chi connectivity index (χ0) is 41.7. The Morgan fingerprint density at radius 3 is 1.63 bits per heavy atom. The molecule has 4 heteroatoms. The van der Waals surface area contributed by atoms with Crippen molar-refractivity contribution in [3.8, 4) is 55.1 Å². The number of benzene rings is 10. The van der Waals surface area contributed by atoms with E-state index < -0.39 is 0 Å². The fourth-order valence-corrected chi connectivity index (χ4v) is 11.3. The zero-order valence-electron chi connectivity index (χ0n) is 34.2. The highest BCUT2D eigenvalue weighted by Crippen LogP contribution is 2.48. The first-order valence-electron chi connectivity index (χ1n) is 21.3. The fourth-order valence-electron chi connectivity index (χ4n) is 9.01. The van der Waals surface area contributed by atoms with Gasteiger partial charge in [0.05, 0.1) is 10.2 Å². The molecular weight excluding hydrogens is 801 g/mol. The van der Waals surface area contributed by atoms with E-state index in [1.807, 2.05) is 11.3 Å². The van der Waals surface area contributed by atoms with Crippen molar-refractivity contribution in [2.45, 2.75) is 0 Å². The molecule has 2 heterocycles. The van der Waals surface area contributed by atoms with Gasteiger partial charge in [0.15, 0.2) is 0 Å². The molecule has 0 atom stereocenters. The number of nitrogens with zero attached hydrogens (tertiary/aromatic N) is 2. The average Bonchev–Trinajstić information content (AvgIpc) is 3.96. The van der Waals surface area contributed by atoms with Gasteiger partial charge in [-0.25, -0.2) is 4.98 Å². The minimum atomic E-state index is 1.04. The first-order valence-corrected chi connectivity index (χ1v) is 22.9. The molecule has 2 nitrogen and oxygen atoms in total. The molecule has 12 aromatic rings. The van der Waals surface area contributed by atoms with E-state index in [0.717, 1.165) is 38.7 Å². The molecule has 296 valence electrons. The monoisotopic (exact) mass is 838 g/mol. The summed E-state index contributed by atoms with van der Waals surface area (Å²) in [5.74, 6) is 0. The van der Waals surface area contributed by atoms with Crippen LogP contribution in [0.4, 0.5) is 17.1 Å². The molecule has 0 unspecified atom stereocenters. The molecule has 0 aliphatic carbocycles. The molecular formula is C59H38N2S2. The van der Waals surface area contributed by atoms with Gasteiger partial charge >= 0.3 is 0 Å². The van der Waals surface area contributed by atoms with Gasteiger partial charge in [-0.2, -0.15) is 0 Å². The Balaban J connectivity index is 1.04. The van der Waals surface area contributed by atoms with Crippen molar-refractivity contribution in [3.05, 3.63) is 231 Å². The Morgan fingerprint density at radius 2 is 0.905 bits per heavy atom. The Kier molecular flexibility index (Phi) is 9.25. The standard InChI is InChI=1S/C59H38N2S2/c1-4-14-39(15-5-1)41-26-30-47(31-27-41)61(49-34-35-50(42-17-6-2-7-18-42)52(37-49)46-25-24-40-16-10-11-21-45(40)36-46)48-32-28-43(29-33-48)56-57-55(63-59(60-57)44-19-8-3-9-20-44)38-53-51-22-12-13-23-54(51)62-58(53)56/h1-38H. The molecule has 0 amide bonds. The molecule has 63 heavy (non-hydrogen) atoms. The molecule has 0 radical (unpaired) electrons. The van der Waals surface area contributed by atoms with Crippen LogP contribution in [0.15, 0.2) is 231 Å². The van der Waals surface area contributed by atoms with E-state index in [4.69, 9.17) is 4.98 Å². The van der Waals surface area contributed by atoms with E-state index in [1.54, 1.807) is 11.3 Å². The molecule has 0 fully saturated rings. The summed E-state index contributed by atoms with van der Waals surface area (Å²) in [6.45, 7) is 0. The number of fused-ring (bicyclic) bond motifs is 5. The van der Waals surface area contributed by atoms with E-state index >= 15 is 0 Å². The van der Waals surface area contributed by atoms with Crippen LogP contribution in [-0.4, -0.2) is 4.98 Å². The summed E-state index contributed by atoms with van der Waals surface area (Å²) < 4.78 is 3.76. The third-order valence-electron chi connectivity index (χ3n) is 12.1. The van der Waals surface area contributed by atoms with E-state index in [0.29, 0.717) is 0 Å². The number of thiazole rings is 1. The van der Waals surface area contributed by atoms with Crippen molar-refractivity contribution in [3.63, 3.8) is 0 Å². The molecule has 0 aliphatic rings. The maximum Gasteiger partial charge on any atom is 0.124 e. The van der Waals surface area contributed by atoms with Gasteiger partial charge < -0.3 is 4.90 Å². The summed E-state index contributed by atoms with van der Waals surface area (Å²) in [6.07, 6.45) is 0. The highest BCUT2D eigenvalue weighted by atomic mass is 32.1. The van der Waals surface area contributed by atoms with Crippen molar-refractivity contribution in [2.24, 2.45) is 0 Å². The second-order valence-corrected chi connectivity index (χ2v) is 18.0. The largest absolute Gasteiger partial charge is 0.310 e. The zero-order valence-corrected chi connectivity index (χ0v) is 35.8. The second kappa shape index (κ2) is 15.7. The third-order valence-corrected chi connectivity index (χ3v) is 14.4. The van der Waals surface area contributed by atoms with Crippen LogP contribution in [0.25, 0.3) is 96.2 Å². The molecule has 2 aromatic heterocycles. The van der Waals surface area contributed by atoms with Crippen LogP contribution in [0.3, 0.4) is 0 Å². The summed E-state index contributed by atoms with van der Waals surface area (Å²) in [6, 6.07) is 83.5. The van der Waals surface area contributed by atoms with Crippen molar-refractivity contribution < 1.29 is 0 Å². The van der Waals surface area contributed by atoms with E-state index in [9.17, 15) is 0 Å². The van der Waals surface area contributed by atoms with Gasteiger partial charge in [-0.15, -0.1) is 22.7 Å². The van der Waals surface area contributed by atoms with Crippen LogP contribution < -0.4 is 4.90 Å². The maximum atomic E-state index is 5.37. The Labute approximate surface area is 374 Å². The van der Waals surface area contributed by atoms with E-state index in [1.165, 1.54) is 74.6 Å². The smallest absolute Gasteiger partial charge is 0.124 e. The van der Waals surface area contributed by atoms with Gasteiger partial charge in [0.25, 0.3) is 0 Å². The number of thiophene rings is 1. The maximum absolute atomic E-state index is 5.37. The first kappa shape index (κ1) is 37.2. The predicted molar refractivity (Wildman–Crippen MR) is 272 cm³/mol. The first-order chi connectivity index (χ1) is 31.2. The van der Waals surface area contributed by atoms with Crippen molar-refractivity contribution >= 4 is 80.9 Å². The van der Waals surface area contributed by atoms with Crippen molar-refractivity contribution in [1.82, 2.24) is 4.98 Å². The highest BCUT2D eigenvalue weighted by molar-refractivity contribution is 7.27. The van der Waals surface area contributed by atoms with Gasteiger partial charge in [0.1, 0.15) is 5.01 Å². The fraction of sp³-hybridized carbons (Fsp3) is 0. The molecule has 12 rings (SSSR count). The molecule has 10 aromatic carbocycles. The van der Waals surface area contributed by atoms with Gasteiger partial charge in [-0.05, 0) is 104 Å². The van der Waals surface area contributed by atoms with Crippen LogP contribution in [0.2, 0.25) is 0 Å². The number of hydrogen-bond acceptors (Lipinski definition) is 4. The highest BCUT2D eigenvalue weighted by Gasteiger charge is 2.21. The van der Waals surface area contributed by atoms with Gasteiger partial charge in [-0.3, -0.25) is 0 Å². The van der Waals surface area contributed by atoms with Crippen LogP contribution in [0, 0.1) is 0 Å². The number of rotatable bonds is 8. The van der Waals surface area contributed by atoms with Gasteiger partial charge in [0.2, 0.25) is 0 Å². The van der Waals surface area contributed by atoms with Gasteiger partial charge in [-0.1, -0.05) is 176 Å². The summed E-state index contributed by atoms with van der Waals surface area (Å²) >= 11 is 3.63. The molecule has 0 saturated heterocycles. The molecule has 0 saturated carbocycles. The van der Waals surface area contributed by atoms with Crippen LogP contribution in [0.1, 0.15) is 0 Å².